The largest absolute Gasteiger partial charge is 0.366 e. The summed E-state index contributed by atoms with van der Waals surface area (Å²) < 4.78 is 4.69. The van der Waals surface area contributed by atoms with Crippen LogP contribution in [-0.2, 0) is 0 Å². The molecular formula is C67H50N6. The fourth-order valence-electron chi connectivity index (χ4n) is 9.84. The van der Waals surface area contributed by atoms with Gasteiger partial charge in [0.1, 0.15) is 0 Å². The minimum atomic E-state index is 0.980. The number of rotatable bonds is 13. The third-order valence-electron chi connectivity index (χ3n) is 13.3. The van der Waals surface area contributed by atoms with Crippen LogP contribution in [0.4, 0.5) is 28.4 Å². The second-order valence-corrected chi connectivity index (χ2v) is 17.8. The third-order valence-corrected chi connectivity index (χ3v) is 13.3. The summed E-state index contributed by atoms with van der Waals surface area (Å²) >= 11 is 0. The number of benzene rings is 8. The van der Waals surface area contributed by atoms with Gasteiger partial charge in [0.15, 0.2) is 0 Å². The molecule has 11 aromatic rings. The zero-order chi connectivity index (χ0) is 48.8. The minimum absolute atomic E-state index is 0.980. The van der Waals surface area contributed by atoms with Gasteiger partial charge in [-0.3, -0.25) is 4.98 Å². The molecule has 0 atom stereocenters. The van der Waals surface area contributed by atoms with Crippen LogP contribution in [0.25, 0.3) is 67.5 Å². The van der Waals surface area contributed by atoms with Gasteiger partial charge >= 0.3 is 0 Å². The number of nitrogens with one attached hydrogen (secondary N) is 1. The Morgan fingerprint density at radius 2 is 0.699 bits per heavy atom. The summed E-state index contributed by atoms with van der Waals surface area (Å²) in [5.41, 5.74) is 19.8. The van der Waals surface area contributed by atoms with E-state index in [1.807, 2.05) is 36.9 Å². The maximum Gasteiger partial charge on any atom is 0.0644 e. The van der Waals surface area contributed by atoms with E-state index in [-0.39, 0.29) is 0 Å². The van der Waals surface area contributed by atoms with Crippen LogP contribution in [0.2, 0.25) is 0 Å². The second-order valence-electron chi connectivity index (χ2n) is 17.8. The molecule has 6 nitrogen and oxygen atoms in total. The van der Waals surface area contributed by atoms with Crippen LogP contribution < -0.4 is 15.1 Å². The fraction of sp³-hybridized carbons (Fsp3) is 0. The summed E-state index contributed by atoms with van der Waals surface area (Å²) in [4.78, 5) is 9.07. The van der Waals surface area contributed by atoms with Crippen molar-refractivity contribution in [2.75, 3.05) is 9.80 Å². The van der Waals surface area contributed by atoms with Crippen molar-refractivity contribution in [3.8, 4) is 67.5 Å². The maximum atomic E-state index is 4.53. The number of nitrogens with zero attached hydrogens (tertiary/aromatic N) is 5. The Morgan fingerprint density at radius 1 is 0.315 bits per heavy atom. The average Bonchev–Trinajstić information content (AvgIpc) is 4.03. The summed E-state index contributed by atoms with van der Waals surface area (Å²) in [6.07, 6.45) is 13.9. The molecule has 0 spiro atoms. The Morgan fingerprint density at radius 3 is 1.11 bits per heavy atom. The lowest BCUT2D eigenvalue weighted by Crippen LogP contribution is -2.16. The van der Waals surface area contributed by atoms with E-state index in [2.05, 4.69) is 290 Å². The molecule has 0 fully saturated rings. The van der Waals surface area contributed by atoms with Crippen molar-refractivity contribution in [3.05, 3.63) is 304 Å². The lowest BCUT2D eigenvalue weighted by molar-refractivity contribution is 1.09. The number of para-hydroxylation sites is 2. The van der Waals surface area contributed by atoms with Crippen molar-refractivity contribution in [1.82, 2.24) is 19.4 Å². The summed E-state index contributed by atoms with van der Waals surface area (Å²) in [6, 6.07) is 90.7. The first-order valence-corrected chi connectivity index (χ1v) is 24.6. The summed E-state index contributed by atoms with van der Waals surface area (Å²) in [5.74, 6) is 0. The predicted octanol–water partition coefficient (Wildman–Crippen LogP) is 17.1. The van der Waals surface area contributed by atoms with Crippen LogP contribution in [0, 0.1) is 0 Å². The molecule has 0 saturated heterocycles. The topological polar surface area (TPSA) is 41.3 Å². The van der Waals surface area contributed by atoms with E-state index in [4.69, 9.17) is 0 Å². The molecule has 12 rings (SSSR count). The maximum absolute atomic E-state index is 4.53. The summed E-state index contributed by atoms with van der Waals surface area (Å²) in [5, 5.41) is 3.34. The molecule has 8 aromatic carbocycles. The molecule has 73 heavy (non-hydrogen) atoms. The van der Waals surface area contributed by atoms with Gasteiger partial charge in [-0.15, -0.1) is 0 Å². The molecule has 0 amide bonds. The highest BCUT2D eigenvalue weighted by Crippen LogP contribution is 2.40. The molecule has 1 aliphatic heterocycles. The van der Waals surface area contributed by atoms with Gasteiger partial charge in [-0.25, -0.2) is 0 Å². The number of pyridine rings is 1. The normalized spacial score (nSPS) is 11.9. The monoisotopic (exact) mass is 938 g/mol. The van der Waals surface area contributed by atoms with Crippen molar-refractivity contribution >= 4 is 28.4 Å². The number of allylic oxidation sites excluding steroid dienone is 3. The SMILES string of the molecule is C1=CNC=C(N(c2ccc(-c3ccc(N(c4ccc(-c5ccc(-c6ccccc6)n5-c5ccccc5)cc4)c4cccnc4)cc3)cc2)c2ccc(-c3ccc(-c4ccccc4)n3-c3ccccc3)cc2)C=C1. The average molecular weight is 939 g/mol. The molecule has 0 saturated carbocycles. The van der Waals surface area contributed by atoms with E-state index in [1.165, 1.54) is 11.1 Å². The number of anilines is 5. The lowest BCUT2D eigenvalue weighted by Gasteiger charge is -2.27. The molecule has 1 N–H and O–H groups in total. The molecule has 4 heterocycles. The first kappa shape index (κ1) is 44.3. The van der Waals surface area contributed by atoms with Crippen LogP contribution >= 0.6 is 0 Å². The number of hydrogen-bond donors (Lipinski definition) is 1. The highest BCUT2D eigenvalue weighted by Gasteiger charge is 2.20. The van der Waals surface area contributed by atoms with Gasteiger partial charge in [0.05, 0.1) is 40.4 Å². The summed E-state index contributed by atoms with van der Waals surface area (Å²) in [7, 11) is 0. The molecule has 0 unspecified atom stereocenters. The quantitative estimate of drug-likeness (QED) is 0.125. The lowest BCUT2D eigenvalue weighted by atomic mass is 10.0. The predicted molar refractivity (Wildman–Crippen MR) is 303 cm³/mol. The fourth-order valence-corrected chi connectivity index (χ4v) is 9.84. The first-order chi connectivity index (χ1) is 36.2. The zero-order valence-electron chi connectivity index (χ0n) is 40.0. The van der Waals surface area contributed by atoms with Crippen molar-refractivity contribution in [3.63, 3.8) is 0 Å². The van der Waals surface area contributed by atoms with Crippen LogP contribution in [0.3, 0.4) is 0 Å². The Kier molecular flexibility index (Phi) is 12.3. The van der Waals surface area contributed by atoms with Gasteiger partial charge in [0, 0.05) is 52.7 Å². The van der Waals surface area contributed by atoms with Gasteiger partial charge in [-0.1, -0.05) is 152 Å². The Labute approximate surface area is 426 Å². The number of aromatic nitrogens is 3. The van der Waals surface area contributed by atoms with Crippen LogP contribution in [0.5, 0.6) is 0 Å². The first-order valence-electron chi connectivity index (χ1n) is 24.6. The summed E-state index contributed by atoms with van der Waals surface area (Å²) in [6.45, 7) is 0. The molecule has 3 aromatic heterocycles. The zero-order valence-corrected chi connectivity index (χ0v) is 40.0. The van der Waals surface area contributed by atoms with E-state index < -0.39 is 0 Å². The molecule has 0 radical (unpaired) electrons. The van der Waals surface area contributed by atoms with Gasteiger partial charge < -0.3 is 24.3 Å². The number of hydrogen-bond acceptors (Lipinski definition) is 4. The molecule has 6 heteroatoms. The molecular weight excluding hydrogens is 889 g/mol. The van der Waals surface area contributed by atoms with Crippen molar-refractivity contribution < 1.29 is 0 Å². The van der Waals surface area contributed by atoms with Crippen LogP contribution in [0.15, 0.2) is 304 Å². The van der Waals surface area contributed by atoms with Crippen molar-refractivity contribution in [1.29, 1.82) is 0 Å². The molecule has 0 bridgehead atoms. The molecule has 0 aliphatic carbocycles. The van der Waals surface area contributed by atoms with E-state index in [1.54, 1.807) is 0 Å². The minimum Gasteiger partial charge on any atom is -0.366 e. The van der Waals surface area contributed by atoms with Gasteiger partial charge in [-0.2, -0.15) is 0 Å². The van der Waals surface area contributed by atoms with Gasteiger partial charge in [0.25, 0.3) is 0 Å². The highest BCUT2D eigenvalue weighted by molar-refractivity contribution is 5.82. The van der Waals surface area contributed by atoms with E-state index in [0.29, 0.717) is 0 Å². The Hall–Kier alpha value is -9.91. The molecule has 348 valence electrons. The standard InChI is InChI=1S/C67H50N6/c1-5-16-52(17-6-1)64-42-44-66(72(64)56-20-9-3-10-21-56)54-30-38-60(39-31-54)70(62-24-13-14-46-68-48-62)58-34-26-50(27-35-58)51-28-36-59(37-29-51)71(63-25-15-47-69-49-63)61-40-32-55(33-41-61)67-45-43-65(53-18-7-2-8-19-53)73(67)57-22-11-4-12-23-57/h1-49,68H. The second kappa shape index (κ2) is 20.2. The van der Waals surface area contributed by atoms with Crippen molar-refractivity contribution in [2.24, 2.45) is 0 Å². The smallest absolute Gasteiger partial charge is 0.0644 e. The molecule has 1 aliphatic rings. The van der Waals surface area contributed by atoms with E-state index in [9.17, 15) is 0 Å². The third kappa shape index (κ3) is 9.09. The van der Waals surface area contributed by atoms with Crippen LogP contribution in [-0.4, -0.2) is 14.1 Å². The van der Waals surface area contributed by atoms with Gasteiger partial charge in [0.2, 0.25) is 0 Å². The van der Waals surface area contributed by atoms with Crippen molar-refractivity contribution in [2.45, 2.75) is 0 Å². The van der Waals surface area contributed by atoms with Gasteiger partial charge in [-0.05, 0) is 155 Å². The highest BCUT2D eigenvalue weighted by atomic mass is 15.2. The van der Waals surface area contributed by atoms with E-state index in [0.717, 1.165) is 90.5 Å². The van der Waals surface area contributed by atoms with E-state index >= 15 is 0 Å². The van der Waals surface area contributed by atoms with Crippen LogP contribution in [0.1, 0.15) is 0 Å². The Balaban J connectivity index is 0.834. The Bertz CT molecular complexity index is 3690.